The minimum absolute atomic E-state index is 0.513. The van der Waals surface area contributed by atoms with Crippen molar-refractivity contribution in [3.63, 3.8) is 0 Å². The average molecular weight is 210 g/mol. The third-order valence-corrected chi connectivity index (χ3v) is 2.76. The van der Waals surface area contributed by atoms with E-state index in [0.717, 1.165) is 25.6 Å². The first-order valence-corrected chi connectivity index (χ1v) is 5.46. The molecule has 0 aliphatic heterocycles. The number of methoxy groups -OCH3 is 1. The Morgan fingerprint density at radius 2 is 2.47 bits per heavy atom. The maximum atomic E-state index is 5.20. The van der Waals surface area contributed by atoms with E-state index in [1.807, 2.05) is 10.9 Å². The van der Waals surface area contributed by atoms with Gasteiger partial charge in [0, 0.05) is 25.9 Å². The van der Waals surface area contributed by atoms with Crippen LogP contribution in [-0.4, -0.2) is 41.3 Å². The van der Waals surface area contributed by atoms with E-state index in [4.69, 9.17) is 4.74 Å². The first kappa shape index (κ1) is 10.6. The molecule has 0 radical (unpaired) electrons. The van der Waals surface area contributed by atoms with Crippen molar-refractivity contribution in [2.24, 2.45) is 5.92 Å². The van der Waals surface area contributed by atoms with Gasteiger partial charge in [-0.15, -0.1) is 5.10 Å². The fourth-order valence-corrected chi connectivity index (χ4v) is 1.76. The third-order valence-electron chi connectivity index (χ3n) is 2.76. The number of hydrogen-bond donors (Lipinski definition) is 1. The van der Waals surface area contributed by atoms with Crippen LogP contribution in [0.15, 0.2) is 12.4 Å². The van der Waals surface area contributed by atoms with Gasteiger partial charge in [0.05, 0.1) is 19.3 Å². The summed E-state index contributed by atoms with van der Waals surface area (Å²) in [5.74, 6) is 0.820. The Morgan fingerprint density at radius 1 is 1.60 bits per heavy atom. The molecule has 2 rings (SSSR count). The van der Waals surface area contributed by atoms with Crippen molar-refractivity contribution < 1.29 is 4.74 Å². The molecule has 0 bridgehead atoms. The van der Waals surface area contributed by atoms with Crippen molar-refractivity contribution in [1.82, 2.24) is 20.3 Å². The molecule has 0 spiro atoms. The second-order valence-electron chi connectivity index (χ2n) is 4.02. The lowest BCUT2D eigenvalue weighted by Gasteiger charge is -2.16. The Kier molecular flexibility index (Phi) is 3.69. The summed E-state index contributed by atoms with van der Waals surface area (Å²) in [5.41, 5.74) is 0. The average Bonchev–Trinajstić information content (AvgIpc) is 2.96. The summed E-state index contributed by atoms with van der Waals surface area (Å²) in [6, 6.07) is 0.513. The molecule has 0 amide bonds. The predicted molar refractivity (Wildman–Crippen MR) is 56.4 cm³/mol. The summed E-state index contributed by atoms with van der Waals surface area (Å²) in [4.78, 5) is 0. The van der Waals surface area contributed by atoms with Crippen LogP contribution in [0.3, 0.4) is 0 Å². The minimum Gasteiger partial charge on any atom is -0.383 e. The maximum absolute atomic E-state index is 5.20. The Labute approximate surface area is 89.8 Å². The topological polar surface area (TPSA) is 52.0 Å². The number of nitrogens with one attached hydrogen (secondary N) is 1. The molecule has 5 heteroatoms. The van der Waals surface area contributed by atoms with Gasteiger partial charge in [0.1, 0.15) is 0 Å². The lowest BCUT2D eigenvalue weighted by atomic mass is 10.2. The highest BCUT2D eigenvalue weighted by atomic mass is 16.5. The monoisotopic (exact) mass is 210 g/mol. The van der Waals surface area contributed by atoms with E-state index in [9.17, 15) is 0 Å². The second-order valence-corrected chi connectivity index (χ2v) is 4.02. The molecular weight excluding hydrogens is 192 g/mol. The van der Waals surface area contributed by atoms with Gasteiger partial charge in [-0.1, -0.05) is 5.21 Å². The quantitative estimate of drug-likeness (QED) is 0.703. The minimum atomic E-state index is 0.513. The van der Waals surface area contributed by atoms with Gasteiger partial charge in [-0.25, -0.2) is 0 Å². The molecular formula is C10H18N4O. The summed E-state index contributed by atoms with van der Waals surface area (Å²) < 4.78 is 7.03. The van der Waals surface area contributed by atoms with Crippen LogP contribution in [0.5, 0.6) is 0 Å². The lowest BCUT2D eigenvalue weighted by Crippen LogP contribution is -2.37. The van der Waals surface area contributed by atoms with Gasteiger partial charge in [-0.05, 0) is 18.8 Å². The van der Waals surface area contributed by atoms with Crippen LogP contribution >= 0.6 is 0 Å². The van der Waals surface area contributed by atoms with Crippen LogP contribution in [-0.2, 0) is 11.3 Å². The molecule has 1 saturated carbocycles. The van der Waals surface area contributed by atoms with E-state index in [0.29, 0.717) is 6.04 Å². The molecule has 1 aromatic rings. The smallest absolute Gasteiger partial charge is 0.0692 e. The van der Waals surface area contributed by atoms with Crippen LogP contribution in [0.2, 0.25) is 0 Å². The van der Waals surface area contributed by atoms with E-state index in [1.54, 1.807) is 13.3 Å². The number of ether oxygens (including phenoxy) is 1. The summed E-state index contributed by atoms with van der Waals surface area (Å²) in [7, 11) is 1.76. The molecule has 5 nitrogen and oxygen atoms in total. The zero-order valence-electron chi connectivity index (χ0n) is 9.09. The van der Waals surface area contributed by atoms with Gasteiger partial charge in [0.25, 0.3) is 0 Å². The van der Waals surface area contributed by atoms with Crippen LogP contribution in [0.25, 0.3) is 0 Å². The molecule has 1 unspecified atom stereocenters. The summed E-state index contributed by atoms with van der Waals surface area (Å²) >= 11 is 0. The van der Waals surface area contributed by atoms with Crippen LogP contribution in [0.1, 0.15) is 12.8 Å². The SMILES string of the molecule is COCC(NCCn1ccnn1)C1CC1. The van der Waals surface area contributed by atoms with Crippen LogP contribution in [0, 0.1) is 5.92 Å². The highest BCUT2D eigenvalue weighted by Gasteiger charge is 2.30. The lowest BCUT2D eigenvalue weighted by molar-refractivity contribution is 0.157. The predicted octanol–water partition coefficient (Wildman–Crippen LogP) is 0.293. The van der Waals surface area contributed by atoms with E-state index in [2.05, 4.69) is 15.6 Å². The zero-order chi connectivity index (χ0) is 10.5. The highest BCUT2D eigenvalue weighted by molar-refractivity contribution is 4.86. The highest BCUT2D eigenvalue weighted by Crippen LogP contribution is 2.32. The number of nitrogens with zero attached hydrogens (tertiary/aromatic N) is 3. The first-order valence-electron chi connectivity index (χ1n) is 5.46. The van der Waals surface area contributed by atoms with E-state index in [-0.39, 0.29) is 0 Å². The van der Waals surface area contributed by atoms with E-state index >= 15 is 0 Å². The van der Waals surface area contributed by atoms with Crippen LogP contribution in [0.4, 0.5) is 0 Å². The standard InChI is InChI=1S/C10H18N4O/c1-15-8-10(9-2-3-9)11-4-6-14-7-5-12-13-14/h5,7,9-11H,2-4,6,8H2,1H3. The third kappa shape index (κ3) is 3.28. The summed E-state index contributed by atoms with van der Waals surface area (Å²) in [6.45, 7) is 2.60. The number of hydrogen-bond acceptors (Lipinski definition) is 4. The van der Waals surface area contributed by atoms with Gasteiger partial charge in [-0.2, -0.15) is 0 Å². The Bertz CT molecular complexity index is 271. The van der Waals surface area contributed by atoms with Crippen LogP contribution < -0.4 is 5.32 Å². The molecule has 1 aliphatic carbocycles. The van der Waals surface area contributed by atoms with Crippen molar-refractivity contribution >= 4 is 0 Å². The fraction of sp³-hybridized carbons (Fsp3) is 0.800. The summed E-state index contributed by atoms with van der Waals surface area (Å²) in [5, 5.41) is 11.2. The van der Waals surface area contributed by atoms with Crippen molar-refractivity contribution in [2.45, 2.75) is 25.4 Å². The number of aromatic nitrogens is 3. The van der Waals surface area contributed by atoms with Crippen molar-refractivity contribution in [2.75, 3.05) is 20.3 Å². The molecule has 0 aromatic carbocycles. The van der Waals surface area contributed by atoms with Gasteiger partial charge in [0.15, 0.2) is 0 Å². The number of rotatable bonds is 7. The molecule has 1 heterocycles. The molecule has 1 atom stereocenters. The maximum Gasteiger partial charge on any atom is 0.0692 e. The van der Waals surface area contributed by atoms with Gasteiger partial charge >= 0.3 is 0 Å². The molecule has 84 valence electrons. The van der Waals surface area contributed by atoms with E-state index < -0.39 is 0 Å². The Morgan fingerprint density at radius 3 is 3.07 bits per heavy atom. The van der Waals surface area contributed by atoms with E-state index in [1.165, 1.54) is 12.8 Å². The molecule has 1 N–H and O–H groups in total. The largest absolute Gasteiger partial charge is 0.383 e. The van der Waals surface area contributed by atoms with Crippen molar-refractivity contribution in [3.05, 3.63) is 12.4 Å². The normalized spacial score (nSPS) is 17.9. The molecule has 1 fully saturated rings. The summed E-state index contributed by atoms with van der Waals surface area (Å²) in [6.07, 6.45) is 6.26. The molecule has 0 saturated heterocycles. The molecule has 1 aliphatic rings. The molecule has 15 heavy (non-hydrogen) atoms. The second kappa shape index (κ2) is 5.23. The fourth-order valence-electron chi connectivity index (χ4n) is 1.76. The zero-order valence-corrected chi connectivity index (χ0v) is 9.09. The van der Waals surface area contributed by atoms with Gasteiger partial charge in [-0.3, -0.25) is 4.68 Å². The Hall–Kier alpha value is -0.940. The van der Waals surface area contributed by atoms with Gasteiger partial charge in [0.2, 0.25) is 0 Å². The van der Waals surface area contributed by atoms with Gasteiger partial charge < -0.3 is 10.1 Å². The molecule has 1 aromatic heterocycles. The first-order chi connectivity index (χ1) is 7.40. The Balaban J connectivity index is 1.66. The van der Waals surface area contributed by atoms with Crippen molar-refractivity contribution in [1.29, 1.82) is 0 Å². The van der Waals surface area contributed by atoms with Crippen molar-refractivity contribution in [3.8, 4) is 0 Å².